The van der Waals surface area contributed by atoms with Crippen LogP contribution in [0.25, 0.3) is 0 Å². The minimum absolute atomic E-state index is 0.596. The molecule has 1 heterocycles. The lowest BCUT2D eigenvalue weighted by Gasteiger charge is -2.29. The van der Waals surface area contributed by atoms with Crippen LogP contribution in [0.2, 0.25) is 0 Å². The van der Waals surface area contributed by atoms with Crippen LogP contribution in [0.5, 0.6) is 0 Å². The smallest absolute Gasteiger partial charge is 0.203 e. The van der Waals surface area contributed by atoms with Gasteiger partial charge in [0.05, 0.1) is 5.69 Å². The molecule has 1 aliphatic rings. The van der Waals surface area contributed by atoms with E-state index >= 15 is 0 Å². The summed E-state index contributed by atoms with van der Waals surface area (Å²) in [6.45, 7) is 8.97. The van der Waals surface area contributed by atoms with Crippen LogP contribution in [0.4, 0.5) is 5.95 Å². The predicted molar refractivity (Wildman–Crippen MR) is 81.4 cm³/mol. The Labute approximate surface area is 117 Å². The number of hydrogen-bond acceptors (Lipinski definition) is 2. The Bertz CT molecular complexity index is 400. The van der Waals surface area contributed by atoms with Crippen molar-refractivity contribution < 1.29 is 0 Å². The number of nitrogens with one attached hydrogen (secondary N) is 1. The van der Waals surface area contributed by atoms with Gasteiger partial charge in [-0.25, -0.2) is 4.98 Å². The van der Waals surface area contributed by atoms with E-state index in [4.69, 9.17) is 0 Å². The Morgan fingerprint density at radius 1 is 1.42 bits per heavy atom. The van der Waals surface area contributed by atoms with E-state index in [2.05, 4.69) is 34.6 Å². The Morgan fingerprint density at radius 3 is 2.79 bits per heavy atom. The Kier molecular flexibility index (Phi) is 5.06. The van der Waals surface area contributed by atoms with Crippen molar-refractivity contribution in [2.24, 2.45) is 5.92 Å². The molecule has 0 bridgehead atoms. The second-order valence-electron chi connectivity index (χ2n) is 5.80. The highest BCUT2D eigenvalue weighted by Crippen LogP contribution is 2.29. The molecule has 0 spiro atoms. The minimum Gasteiger partial charge on any atom is -0.353 e. The third-order valence-electron chi connectivity index (χ3n) is 4.10. The average molecular weight is 261 g/mol. The zero-order chi connectivity index (χ0) is 13.7. The number of aromatic nitrogens is 2. The van der Waals surface area contributed by atoms with Crippen molar-refractivity contribution in [2.45, 2.75) is 65.0 Å². The van der Waals surface area contributed by atoms with E-state index in [1.165, 1.54) is 38.5 Å². The molecule has 1 aliphatic carbocycles. The number of hydrogen-bond donors (Lipinski definition) is 1. The first-order valence-corrected chi connectivity index (χ1v) is 7.64. The molecule has 19 heavy (non-hydrogen) atoms. The molecule has 0 saturated heterocycles. The largest absolute Gasteiger partial charge is 0.353 e. The fraction of sp³-hybridized carbons (Fsp3) is 0.688. The molecule has 0 aliphatic heterocycles. The molecule has 0 unspecified atom stereocenters. The first-order chi connectivity index (χ1) is 9.22. The van der Waals surface area contributed by atoms with Crippen LogP contribution < -0.4 is 5.32 Å². The minimum atomic E-state index is 0.596. The molecule has 0 aromatic carbocycles. The number of nitrogens with zero attached hydrogens (tertiary/aromatic N) is 2. The normalized spacial score (nSPS) is 23.3. The quantitative estimate of drug-likeness (QED) is 0.780. The van der Waals surface area contributed by atoms with Gasteiger partial charge in [-0.15, -0.1) is 6.58 Å². The zero-order valence-corrected chi connectivity index (χ0v) is 12.4. The van der Waals surface area contributed by atoms with Gasteiger partial charge in [-0.2, -0.15) is 0 Å². The van der Waals surface area contributed by atoms with Crippen LogP contribution in [0.15, 0.2) is 18.9 Å². The van der Waals surface area contributed by atoms with Crippen LogP contribution in [-0.4, -0.2) is 15.6 Å². The molecule has 3 heteroatoms. The monoisotopic (exact) mass is 261 g/mol. The highest BCUT2D eigenvalue weighted by atomic mass is 15.2. The molecule has 0 amide bonds. The molecule has 1 N–H and O–H groups in total. The molecule has 1 saturated carbocycles. The maximum atomic E-state index is 4.58. The van der Waals surface area contributed by atoms with E-state index in [0.717, 1.165) is 24.1 Å². The molecule has 2 rings (SSSR count). The summed E-state index contributed by atoms with van der Waals surface area (Å²) in [5.74, 6) is 1.97. The van der Waals surface area contributed by atoms with Gasteiger partial charge in [-0.1, -0.05) is 25.8 Å². The highest BCUT2D eigenvalue weighted by molar-refractivity contribution is 5.30. The van der Waals surface area contributed by atoms with Gasteiger partial charge < -0.3 is 9.88 Å². The van der Waals surface area contributed by atoms with Crippen molar-refractivity contribution in [1.29, 1.82) is 0 Å². The molecule has 1 fully saturated rings. The van der Waals surface area contributed by atoms with E-state index in [-0.39, 0.29) is 0 Å². The number of rotatable bonds is 6. The molecule has 3 nitrogen and oxygen atoms in total. The van der Waals surface area contributed by atoms with E-state index in [1.807, 2.05) is 13.0 Å². The van der Waals surface area contributed by atoms with Crippen molar-refractivity contribution in [1.82, 2.24) is 9.55 Å². The summed E-state index contributed by atoms with van der Waals surface area (Å²) in [6.07, 6.45) is 12.0. The number of allylic oxidation sites excluding steroid dienone is 1. The van der Waals surface area contributed by atoms with E-state index in [9.17, 15) is 0 Å². The van der Waals surface area contributed by atoms with Crippen molar-refractivity contribution in [3.8, 4) is 0 Å². The second kappa shape index (κ2) is 6.78. The lowest BCUT2D eigenvalue weighted by Crippen LogP contribution is -2.27. The second-order valence-corrected chi connectivity index (χ2v) is 5.80. The number of aryl methyl sites for hydroxylation is 1. The van der Waals surface area contributed by atoms with Crippen LogP contribution in [-0.2, 0) is 6.54 Å². The molecule has 1 aromatic rings. The highest BCUT2D eigenvalue weighted by Gasteiger charge is 2.21. The molecule has 106 valence electrons. The number of anilines is 1. The van der Waals surface area contributed by atoms with Crippen LogP contribution in [0.1, 0.15) is 51.1 Å². The van der Waals surface area contributed by atoms with E-state index in [1.54, 1.807) is 0 Å². The first kappa shape index (κ1) is 14.2. The summed E-state index contributed by atoms with van der Waals surface area (Å²) in [7, 11) is 0. The Morgan fingerprint density at radius 2 is 2.16 bits per heavy atom. The van der Waals surface area contributed by atoms with Gasteiger partial charge in [-0.3, -0.25) is 0 Å². The van der Waals surface area contributed by atoms with Crippen molar-refractivity contribution >= 4 is 5.95 Å². The molecular weight excluding hydrogens is 234 g/mol. The third kappa shape index (κ3) is 3.85. The van der Waals surface area contributed by atoms with Gasteiger partial charge >= 0.3 is 0 Å². The average Bonchev–Trinajstić information content (AvgIpc) is 2.73. The molecule has 0 radical (unpaired) electrons. The summed E-state index contributed by atoms with van der Waals surface area (Å²) >= 11 is 0. The Hall–Kier alpha value is -1.25. The van der Waals surface area contributed by atoms with Crippen LogP contribution in [0.3, 0.4) is 0 Å². The third-order valence-corrected chi connectivity index (χ3v) is 4.10. The topological polar surface area (TPSA) is 29.9 Å². The summed E-state index contributed by atoms with van der Waals surface area (Å²) < 4.78 is 2.15. The molecule has 0 atom stereocenters. The fourth-order valence-electron chi connectivity index (χ4n) is 3.13. The Balaban J connectivity index is 1.90. The van der Waals surface area contributed by atoms with Crippen LogP contribution in [0, 0.1) is 12.8 Å². The lowest BCUT2D eigenvalue weighted by molar-refractivity contribution is 0.318. The fourth-order valence-corrected chi connectivity index (χ4v) is 3.13. The molecular formula is C16H27N3. The van der Waals surface area contributed by atoms with E-state index < -0.39 is 0 Å². The van der Waals surface area contributed by atoms with Gasteiger partial charge in [0.25, 0.3) is 0 Å². The standard InChI is InChI=1S/C16H27N3/c1-4-6-14-7-9-15(10-8-14)18-16-17-13(3)12-19(16)11-5-2/h5,12,14-15H,2,4,6-11H2,1,3H3,(H,17,18). The lowest BCUT2D eigenvalue weighted by atomic mass is 9.83. The summed E-state index contributed by atoms with van der Waals surface area (Å²) in [6, 6.07) is 0.596. The van der Waals surface area contributed by atoms with Gasteiger partial charge in [0.1, 0.15) is 0 Å². The van der Waals surface area contributed by atoms with Crippen molar-refractivity contribution in [3.63, 3.8) is 0 Å². The van der Waals surface area contributed by atoms with Crippen LogP contribution >= 0.6 is 0 Å². The van der Waals surface area contributed by atoms with Crippen molar-refractivity contribution in [2.75, 3.05) is 5.32 Å². The first-order valence-electron chi connectivity index (χ1n) is 7.64. The SMILES string of the molecule is C=CCn1cc(C)nc1NC1CCC(CCC)CC1. The number of imidazole rings is 1. The maximum absolute atomic E-state index is 4.58. The summed E-state index contributed by atoms with van der Waals surface area (Å²) in [4.78, 5) is 4.58. The predicted octanol–water partition coefficient (Wildman–Crippen LogP) is 4.15. The van der Waals surface area contributed by atoms with Gasteiger partial charge in [-0.05, 0) is 38.5 Å². The van der Waals surface area contributed by atoms with Gasteiger partial charge in [0, 0.05) is 18.8 Å². The zero-order valence-electron chi connectivity index (χ0n) is 12.4. The van der Waals surface area contributed by atoms with E-state index in [0.29, 0.717) is 6.04 Å². The van der Waals surface area contributed by atoms with Gasteiger partial charge in [0.2, 0.25) is 5.95 Å². The van der Waals surface area contributed by atoms with Gasteiger partial charge in [0.15, 0.2) is 0 Å². The van der Waals surface area contributed by atoms with Crippen molar-refractivity contribution in [3.05, 3.63) is 24.5 Å². The summed E-state index contributed by atoms with van der Waals surface area (Å²) in [5, 5.41) is 3.62. The maximum Gasteiger partial charge on any atom is 0.203 e. The summed E-state index contributed by atoms with van der Waals surface area (Å²) in [5.41, 5.74) is 1.07. The molecule has 1 aromatic heterocycles.